The van der Waals surface area contributed by atoms with Crippen LogP contribution in [0.15, 0.2) is 24.3 Å². The molecule has 0 unspecified atom stereocenters. The first kappa shape index (κ1) is 19.4. The molecule has 146 valence electrons. The van der Waals surface area contributed by atoms with Gasteiger partial charge in [0.2, 0.25) is 6.21 Å². The van der Waals surface area contributed by atoms with Gasteiger partial charge in [0.15, 0.2) is 0 Å². The standard InChI is InChI=1S/C21H28N2O4/c1-20(2,3)17-9-11-21(12-10-17)22(18(24)14-23(21)26)13-15-5-7-16(8-6-15)19(25)27-4/h5-8,14,17H,9-13H2,1-4H3. The van der Waals surface area contributed by atoms with Crippen molar-refractivity contribution in [1.82, 2.24) is 4.90 Å². The third-order valence-electron chi connectivity index (χ3n) is 6.13. The highest BCUT2D eigenvalue weighted by Gasteiger charge is 2.54. The molecule has 0 N–H and O–H groups in total. The van der Waals surface area contributed by atoms with Crippen molar-refractivity contribution in [2.24, 2.45) is 11.3 Å². The van der Waals surface area contributed by atoms with Crippen LogP contribution < -0.4 is 0 Å². The highest BCUT2D eigenvalue weighted by atomic mass is 16.5. The lowest BCUT2D eigenvalue weighted by Crippen LogP contribution is -2.54. The summed E-state index contributed by atoms with van der Waals surface area (Å²) in [5.41, 5.74) is 0.777. The Balaban J connectivity index is 1.78. The van der Waals surface area contributed by atoms with Crippen LogP contribution in [0.25, 0.3) is 0 Å². The summed E-state index contributed by atoms with van der Waals surface area (Å²) >= 11 is 0. The van der Waals surface area contributed by atoms with Crippen molar-refractivity contribution in [3.05, 3.63) is 40.6 Å². The van der Waals surface area contributed by atoms with E-state index in [-0.39, 0.29) is 11.3 Å². The van der Waals surface area contributed by atoms with Gasteiger partial charge in [-0.05, 0) is 41.9 Å². The maximum Gasteiger partial charge on any atom is 0.337 e. The van der Waals surface area contributed by atoms with E-state index in [0.717, 1.165) is 23.1 Å². The molecule has 1 saturated carbocycles. The van der Waals surface area contributed by atoms with Gasteiger partial charge in [0.25, 0.3) is 5.66 Å². The van der Waals surface area contributed by atoms with Gasteiger partial charge in [-0.15, -0.1) is 0 Å². The van der Waals surface area contributed by atoms with E-state index in [0.29, 0.717) is 30.9 Å². The van der Waals surface area contributed by atoms with Gasteiger partial charge in [-0.3, -0.25) is 9.69 Å². The molecule has 1 aliphatic carbocycles. The van der Waals surface area contributed by atoms with Crippen molar-refractivity contribution < 1.29 is 19.1 Å². The summed E-state index contributed by atoms with van der Waals surface area (Å²) < 4.78 is 5.58. The summed E-state index contributed by atoms with van der Waals surface area (Å²) in [4.78, 5) is 25.8. The zero-order valence-electron chi connectivity index (χ0n) is 16.5. The second kappa shape index (κ2) is 6.98. The summed E-state index contributed by atoms with van der Waals surface area (Å²) in [6.45, 7) is 7.06. The molecular weight excluding hydrogens is 344 g/mol. The van der Waals surface area contributed by atoms with Gasteiger partial charge < -0.3 is 9.94 Å². The molecule has 0 atom stereocenters. The first-order valence-electron chi connectivity index (χ1n) is 9.47. The number of hydrogen-bond donors (Lipinski definition) is 0. The molecule has 2 aliphatic rings. The first-order valence-corrected chi connectivity index (χ1v) is 9.47. The number of methoxy groups -OCH3 is 1. The summed E-state index contributed by atoms with van der Waals surface area (Å²) in [6, 6.07) is 6.98. The minimum atomic E-state index is -0.778. The van der Waals surface area contributed by atoms with E-state index in [1.54, 1.807) is 17.0 Å². The van der Waals surface area contributed by atoms with Crippen LogP contribution in [0.5, 0.6) is 0 Å². The third kappa shape index (κ3) is 3.57. The fourth-order valence-corrected chi connectivity index (χ4v) is 4.32. The fraction of sp³-hybridized carbons (Fsp3) is 0.571. The predicted molar refractivity (Wildman–Crippen MR) is 102 cm³/mol. The number of carbonyl (C=O) groups is 2. The number of nitrogens with zero attached hydrogens (tertiary/aromatic N) is 2. The summed E-state index contributed by atoms with van der Waals surface area (Å²) in [7, 11) is 1.34. The lowest BCUT2D eigenvalue weighted by Gasteiger charge is -2.43. The predicted octanol–water partition coefficient (Wildman–Crippen LogP) is 3.33. The normalized spacial score (nSPS) is 25.6. The Morgan fingerprint density at radius 2 is 1.85 bits per heavy atom. The molecule has 6 heteroatoms. The summed E-state index contributed by atoms with van der Waals surface area (Å²) in [5, 5.41) is 12.6. The Morgan fingerprint density at radius 3 is 2.37 bits per heavy atom. The van der Waals surface area contributed by atoms with Crippen LogP contribution >= 0.6 is 0 Å². The molecule has 1 fully saturated rings. The second-order valence-corrected chi connectivity index (χ2v) is 8.69. The van der Waals surface area contributed by atoms with Crippen LogP contribution in [0, 0.1) is 16.5 Å². The minimum absolute atomic E-state index is 0.205. The Bertz CT molecular complexity index is 753. The Labute approximate surface area is 160 Å². The number of carbonyl (C=O) groups excluding carboxylic acids is 2. The molecule has 3 rings (SSSR count). The number of esters is 1. The number of hydroxylamine groups is 1. The van der Waals surface area contributed by atoms with Crippen molar-refractivity contribution in [2.45, 2.75) is 58.7 Å². The van der Waals surface area contributed by atoms with Crippen LogP contribution in [0.3, 0.4) is 0 Å². The molecule has 0 saturated heterocycles. The van der Waals surface area contributed by atoms with Crippen LogP contribution in [-0.4, -0.2) is 40.5 Å². The van der Waals surface area contributed by atoms with Crippen LogP contribution in [0.2, 0.25) is 0 Å². The quantitative estimate of drug-likeness (QED) is 0.463. The number of ether oxygens (including phenoxy) is 1. The maximum atomic E-state index is 12.6. The van der Waals surface area contributed by atoms with Gasteiger partial charge in [0, 0.05) is 12.8 Å². The summed E-state index contributed by atoms with van der Waals surface area (Å²) in [5.74, 6) is -0.0838. The van der Waals surface area contributed by atoms with Gasteiger partial charge in [-0.25, -0.2) is 4.79 Å². The van der Waals surface area contributed by atoms with Gasteiger partial charge >= 0.3 is 11.9 Å². The summed E-state index contributed by atoms with van der Waals surface area (Å²) in [6.07, 6.45) is 4.41. The van der Waals surface area contributed by atoms with Crippen molar-refractivity contribution >= 4 is 18.1 Å². The van der Waals surface area contributed by atoms with Gasteiger partial charge in [0.1, 0.15) is 0 Å². The smallest absolute Gasteiger partial charge is 0.337 e. The highest BCUT2D eigenvalue weighted by molar-refractivity contribution is 6.25. The second-order valence-electron chi connectivity index (χ2n) is 8.69. The van der Waals surface area contributed by atoms with Gasteiger partial charge in [0.05, 0.1) is 19.2 Å². The zero-order chi connectivity index (χ0) is 19.8. The van der Waals surface area contributed by atoms with Gasteiger partial charge in [-0.2, -0.15) is 4.74 Å². The molecule has 1 aliphatic heterocycles. The molecule has 1 heterocycles. The molecule has 1 aromatic rings. The van der Waals surface area contributed by atoms with Crippen LogP contribution in [0.1, 0.15) is 62.4 Å². The van der Waals surface area contributed by atoms with Crippen molar-refractivity contribution in [2.75, 3.05) is 7.11 Å². The number of amides is 1. The van der Waals surface area contributed by atoms with Crippen molar-refractivity contribution in [3.8, 4) is 0 Å². The lowest BCUT2D eigenvalue weighted by molar-refractivity contribution is -0.571. The maximum absolute atomic E-state index is 12.6. The SMILES string of the molecule is COC(=O)c1ccc(CN2C(=O)C=[N+]([O-])C23CCC(C(C)(C)C)CC3)cc1. The number of rotatable bonds is 3. The van der Waals surface area contributed by atoms with Crippen molar-refractivity contribution in [1.29, 1.82) is 0 Å². The van der Waals surface area contributed by atoms with Crippen molar-refractivity contribution in [3.63, 3.8) is 0 Å². The van der Waals surface area contributed by atoms with Crippen LogP contribution in [0.4, 0.5) is 0 Å². The average Bonchev–Trinajstić information content (AvgIpc) is 2.85. The van der Waals surface area contributed by atoms with E-state index in [2.05, 4.69) is 20.8 Å². The largest absolute Gasteiger partial charge is 0.622 e. The number of benzene rings is 1. The molecule has 0 bridgehead atoms. The Kier molecular flexibility index (Phi) is 5.02. The Morgan fingerprint density at radius 1 is 1.26 bits per heavy atom. The lowest BCUT2D eigenvalue weighted by atomic mass is 9.69. The topological polar surface area (TPSA) is 72.7 Å². The van der Waals surface area contributed by atoms with E-state index < -0.39 is 11.6 Å². The fourth-order valence-electron chi connectivity index (χ4n) is 4.32. The van der Waals surface area contributed by atoms with E-state index in [9.17, 15) is 14.8 Å². The highest BCUT2D eigenvalue weighted by Crippen LogP contribution is 2.45. The molecular formula is C21H28N2O4. The third-order valence-corrected chi connectivity index (χ3v) is 6.13. The van der Waals surface area contributed by atoms with E-state index in [1.165, 1.54) is 13.3 Å². The molecule has 1 spiro atoms. The zero-order valence-corrected chi connectivity index (χ0v) is 16.5. The molecule has 27 heavy (non-hydrogen) atoms. The molecule has 1 amide bonds. The Hall–Kier alpha value is -2.37. The number of hydrogen-bond acceptors (Lipinski definition) is 4. The molecule has 0 radical (unpaired) electrons. The molecule has 0 aromatic heterocycles. The van der Waals surface area contributed by atoms with E-state index >= 15 is 0 Å². The van der Waals surface area contributed by atoms with E-state index in [1.807, 2.05) is 12.1 Å². The van der Waals surface area contributed by atoms with E-state index in [4.69, 9.17) is 4.74 Å². The van der Waals surface area contributed by atoms with Gasteiger partial charge in [-0.1, -0.05) is 32.9 Å². The monoisotopic (exact) mass is 372 g/mol. The molecule has 1 aromatic carbocycles. The first-order chi connectivity index (χ1) is 12.7. The average molecular weight is 372 g/mol. The minimum Gasteiger partial charge on any atom is -0.622 e. The van der Waals surface area contributed by atoms with Crippen LogP contribution in [-0.2, 0) is 16.1 Å². The molecule has 6 nitrogen and oxygen atoms in total.